The Kier molecular flexibility index (Phi) is 4.81. The zero-order chi connectivity index (χ0) is 15.5. The van der Waals surface area contributed by atoms with Gasteiger partial charge in [-0.15, -0.1) is 0 Å². The number of rotatable bonds is 2. The molecule has 0 saturated carbocycles. The first-order valence-corrected chi connectivity index (χ1v) is 6.10. The number of methoxy groups -OCH3 is 1. The summed E-state index contributed by atoms with van der Waals surface area (Å²) in [5.41, 5.74) is 0.390. The van der Waals surface area contributed by atoms with Crippen molar-refractivity contribution < 1.29 is 19.1 Å². The third-order valence-corrected chi connectivity index (χ3v) is 2.46. The molecule has 0 aliphatic carbocycles. The average molecular weight is 275 g/mol. The van der Waals surface area contributed by atoms with Gasteiger partial charge in [-0.2, -0.15) is 0 Å². The van der Waals surface area contributed by atoms with Gasteiger partial charge in [0.15, 0.2) is 0 Å². The van der Waals surface area contributed by atoms with Crippen molar-refractivity contribution in [1.82, 2.24) is 0 Å². The molecule has 0 N–H and O–H groups in total. The fourth-order valence-electron chi connectivity index (χ4n) is 1.54. The van der Waals surface area contributed by atoms with Gasteiger partial charge in [0.1, 0.15) is 13.4 Å². The van der Waals surface area contributed by atoms with E-state index < -0.39 is 17.7 Å². The summed E-state index contributed by atoms with van der Waals surface area (Å²) < 4.78 is 9.95. The summed E-state index contributed by atoms with van der Waals surface area (Å²) in [5.74, 6) is -0.546. The van der Waals surface area contributed by atoms with E-state index in [-0.39, 0.29) is 5.56 Å². The highest BCUT2D eigenvalue weighted by Crippen LogP contribution is 2.21. The number of nitrogens with zero attached hydrogens (tertiary/aromatic N) is 1. The first kappa shape index (κ1) is 16.1. The Morgan fingerprint density at radius 2 is 1.85 bits per heavy atom. The van der Waals surface area contributed by atoms with Crippen molar-refractivity contribution in [2.24, 2.45) is 0 Å². The van der Waals surface area contributed by atoms with Crippen LogP contribution in [-0.2, 0) is 9.47 Å². The number of amides is 1. The Balaban J connectivity index is 3.14. The van der Waals surface area contributed by atoms with Crippen LogP contribution >= 0.6 is 0 Å². The molecule has 2 radical (unpaired) electrons. The molecule has 106 valence electrons. The van der Waals surface area contributed by atoms with Crippen LogP contribution in [0.2, 0.25) is 0 Å². The summed E-state index contributed by atoms with van der Waals surface area (Å²) >= 11 is 0. The molecule has 0 atom stereocenters. The Labute approximate surface area is 120 Å². The van der Waals surface area contributed by atoms with Crippen LogP contribution in [0.25, 0.3) is 0 Å². The van der Waals surface area contributed by atoms with Gasteiger partial charge in [0, 0.05) is 7.05 Å². The number of benzene rings is 1. The molecule has 1 rings (SSSR count). The normalized spacial score (nSPS) is 10.8. The van der Waals surface area contributed by atoms with Crippen molar-refractivity contribution in [2.75, 3.05) is 19.1 Å². The van der Waals surface area contributed by atoms with Crippen molar-refractivity contribution in [2.45, 2.75) is 26.4 Å². The molecule has 0 heterocycles. The van der Waals surface area contributed by atoms with Crippen molar-refractivity contribution in [3.05, 3.63) is 23.8 Å². The van der Waals surface area contributed by atoms with Crippen LogP contribution in [0.1, 0.15) is 31.1 Å². The van der Waals surface area contributed by atoms with E-state index in [1.807, 2.05) is 0 Å². The number of anilines is 1. The molecule has 1 aromatic carbocycles. The van der Waals surface area contributed by atoms with Gasteiger partial charge in [0.2, 0.25) is 0 Å². The van der Waals surface area contributed by atoms with Crippen LogP contribution in [0.4, 0.5) is 10.5 Å². The summed E-state index contributed by atoms with van der Waals surface area (Å²) in [5, 5.41) is 0. The summed E-state index contributed by atoms with van der Waals surface area (Å²) in [6, 6.07) is 4.60. The number of carbonyl (C=O) groups excluding carboxylic acids is 2. The Hall–Kier alpha value is -1.98. The molecule has 0 unspecified atom stereocenters. The van der Waals surface area contributed by atoms with E-state index in [0.29, 0.717) is 11.2 Å². The first-order chi connectivity index (χ1) is 9.15. The molecule has 0 aliphatic heterocycles. The predicted molar refractivity (Wildman–Crippen MR) is 77.8 cm³/mol. The highest BCUT2D eigenvalue weighted by molar-refractivity contribution is 6.33. The predicted octanol–water partition coefficient (Wildman–Crippen LogP) is 1.64. The quantitative estimate of drug-likeness (QED) is 0.608. The Bertz CT molecular complexity index is 522. The van der Waals surface area contributed by atoms with Gasteiger partial charge in [0.05, 0.1) is 18.4 Å². The number of esters is 1. The van der Waals surface area contributed by atoms with Crippen LogP contribution in [0, 0.1) is 0 Å². The average Bonchev–Trinajstić information content (AvgIpc) is 2.34. The van der Waals surface area contributed by atoms with Crippen LogP contribution < -0.4 is 10.4 Å². The fourth-order valence-corrected chi connectivity index (χ4v) is 1.54. The Morgan fingerprint density at radius 3 is 2.35 bits per heavy atom. The molecule has 0 fully saturated rings. The van der Waals surface area contributed by atoms with Crippen LogP contribution in [0.5, 0.6) is 0 Å². The third kappa shape index (κ3) is 4.01. The maximum absolute atomic E-state index is 12.0. The number of hydrogen-bond acceptors (Lipinski definition) is 4. The molecule has 6 heteroatoms. The number of carbonyl (C=O) groups is 2. The summed E-state index contributed by atoms with van der Waals surface area (Å²) in [6.07, 6.45) is -0.576. The highest BCUT2D eigenvalue weighted by atomic mass is 16.6. The Morgan fingerprint density at radius 1 is 1.25 bits per heavy atom. The van der Waals surface area contributed by atoms with E-state index in [1.165, 1.54) is 31.2 Å². The van der Waals surface area contributed by atoms with E-state index in [4.69, 9.17) is 12.6 Å². The molecule has 1 aromatic rings. The molecule has 0 bridgehead atoms. The molecule has 0 aromatic heterocycles. The fraction of sp³-hybridized carbons (Fsp3) is 0.429. The second-order valence-electron chi connectivity index (χ2n) is 5.31. The molecule has 5 nitrogen and oxygen atoms in total. The highest BCUT2D eigenvalue weighted by Gasteiger charge is 2.24. The van der Waals surface area contributed by atoms with Gasteiger partial charge < -0.3 is 9.47 Å². The summed E-state index contributed by atoms with van der Waals surface area (Å²) in [7, 11) is 8.49. The minimum atomic E-state index is -0.628. The minimum absolute atomic E-state index is 0.245. The van der Waals surface area contributed by atoms with E-state index >= 15 is 0 Å². The lowest BCUT2D eigenvalue weighted by Crippen LogP contribution is -2.35. The van der Waals surface area contributed by atoms with Crippen molar-refractivity contribution in [1.29, 1.82) is 0 Å². The van der Waals surface area contributed by atoms with Gasteiger partial charge in [-0.05, 0) is 32.9 Å². The monoisotopic (exact) mass is 275 g/mol. The maximum Gasteiger partial charge on any atom is 0.414 e. The van der Waals surface area contributed by atoms with Gasteiger partial charge in [-0.1, -0.05) is 11.5 Å². The molecule has 0 aliphatic rings. The van der Waals surface area contributed by atoms with E-state index in [1.54, 1.807) is 26.8 Å². The molecular formula is C14H18BNO4. The van der Waals surface area contributed by atoms with Gasteiger partial charge in [-0.25, -0.2) is 9.59 Å². The van der Waals surface area contributed by atoms with Crippen LogP contribution in [0.3, 0.4) is 0 Å². The second kappa shape index (κ2) is 5.99. The standard InChI is InChI=1S/C14H18BNO4/c1-14(2,3)20-13(18)16(4)11-8-9(15)6-7-10(11)12(17)19-5/h6-8H,1-5H3. The van der Waals surface area contributed by atoms with Crippen LogP contribution in [-0.4, -0.2) is 39.7 Å². The van der Waals surface area contributed by atoms with Crippen LogP contribution in [0.15, 0.2) is 18.2 Å². The number of ether oxygens (including phenoxy) is 2. The van der Waals surface area contributed by atoms with Crippen molar-refractivity contribution >= 4 is 31.1 Å². The van der Waals surface area contributed by atoms with E-state index in [0.717, 1.165) is 0 Å². The topological polar surface area (TPSA) is 55.8 Å². The first-order valence-electron chi connectivity index (χ1n) is 6.10. The van der Waals surface area contributed by atoms with Gasteiger partial charge in [0.25, 0.3) is 0 Å². The van der Waals surface area contributed by atoms with Crippen molar-refractivity contribution in [3.8, 4) is 0 Å². The molecule has 20 heavy (non-hydrogen) atoms. The summed E-state index contributed by atoms with van der Waals surface area (Å²) in [6.45, 7) is 5.29. The van der Waals surface area contributed by atoms with E-state index in [9.17, 15) is 9.59 Å². The molecule has 0 spiro atoms. The third-order valence-electron chi connectivity index (χ3n) is 2.46. The SMILES string of the molecule is [B]c1ccc(C(=O)OC)c(N(C)C(=O)OC(C)(C)C)c1. The maximum atomic E-state index is 12.0. The smallest absolute Gasteiger partial charge is 0.414 e. The lowest BCUT2D eigenvalue weighted by atomic mass is 9.94. The number of hydrogen-bond donors (Lipinski definition) is 0. The van der Waals surface area contributed by atoms with Crippen molar-refractivity contribution in [3.63, 3.8) is 0 Å². The minimum Gasteiger partial charge on any atom is -0.465 e. The summed E-state index contributed by atoms with van der Waals surface area (Å²) in [4.78, 5) is 25.0. The molecule has 1 amide bonds. The lowest BCUT2D eigenvalue weighted by Gasteiger charge is -2.25. The molecule has 0 saturated heterocycles. The van der Waals surface area contributed by atoms with Gasteiger partial charge in [-0.3, -0.25) is 4.90 Å². The molecular weight excluding hydrogens is 257 g/mol. The zero-order valence-corrected chi connectivity index (χ0v) is 12.4. The largest absolute Gasteiger partial charge is 0.465 e. The van der Waals surface area contributed by atoms with E-state index in [2.05, 4.69) is 4.74 Å². The van der Waals surface area contributed by atoms with Gasteiger partial charge >= 0.3 is 12.1 Å². The second-order valence-corrected chi connectivity index (χ2v) is 5.31. The lowest BCUT2D eigenvalue weighted by molar-refractivity contribution is 0.0587. The zero-order valence-electron chi connectivity index (χ0n) is 12.4.